The quantitative estimate of drug-likeness (QED) is 0.816. The van der Waals surface area contributed by atoms with Crippen LogP contribution in [0.15, 0.2) is 54.6 Å². The molecule has 2 nitrogen and oxygen atoms in total. The third-order valence-electron chi connectivity index (χ3n) is 4.68. The van der Waals surface area contributed by atoms with Crippen molar-refractivity contribution in [3.8, 4) is 0 Å². The summed E-state index contributed by atoms with van der Waals surface area (Å²) < 4.78 is 0. The third-order valence-corrected chi connectivity index (χ3v) is 4.68. The molecule has 0 amide bonds. The minimum atomic E-state index is 0.963. The highest BCUT2D eigenvalue weighted by atomic mass is 15.5. The van der Waals surface area contributed by atoms with E-state index in [0.717, 1.165) is 6.42 Å². The molecule has 0 aliphatic heterocycles. The lowest BCUT2D eigenvalue weighted by atomic mass is 9.94. The minimum absolute atomic E-state index is 0.963. The third kappa shape index (κ3) is 2.82. The molecule has 0 fully saturated rings. The van der Waals surface area contributed by atoms with E-state index in [4.69, 9.17) is 0 Å². The van der Waals surface area contributed by atoms with Crippen LogP contribution in [0.1, 0.15) is 36.1 Å². The standard InChI is InChI=1S/C21H24N2/c1-15-13-14-17-9-5-6-11-19(17)16(2)21(23(4)22-3)20-12-8-7-10-18(15)20/h5-13,22H,14H2,1-4H3/b15-13?,21-16+. The van der Waals surface area contributed by atoms with Crippen molar-refractivity contribution in [2.24, 2.45) is 0 Å². The van der Waals surface area contributed by atoms with E-state index in [0.29, 0.717) is 0 Å². The summed E-state index contributed by atoms with van der Waals surface area (Å²) in [6.45, 7) is 4.43. The zero-order valence-corrected chi connectivity index (χ0v) is 14.4. The lowest BCUT2D eigenvalue weighted by molar-refractivity contribution is 0.387. The molecule has 23 heavy (non-hydrogen) atoms. The van der Waals surface area contributed by atoms with E-state index in [1.165, 1.54) is 39.1 Å². The van der Waals surface area contributed by atoms with Gasteiger partial charge >= 0.3 is 0 Å². The molecule has 0 saturated carbocycles. The molecular formula is C21H24N2. The van der Waals surface area contributed by atoms with Crippen molar-refractivity contribution in [2.75, 3.05) is 14.1 Å². The van der Waals surface area contributed by atoms with Crippen molar-refractivity contribution in [3.05, 3.63) is 76.9 Å². The van der Waals surface area contributed by atoms with E-state index in [1.807, 2.05) is 7.05 Å². The Labute approximate surface area is 139 Å². The number of benzene rings is 2. The van der Waals surface area contributed by atoms with E-state index in [2.05, 4.69) is 85.9 Å². The van der Waals surface area contributed by atoms with Gasteiger partial charge in [-0.25, -0.2) is 5.43 Å². The fraction of sp³-hybridized carbons (Fsp3) is 0.238. The summed E-state index contributed by atoms with van der Waals surface area (Å²) in [5.41, 5.74) is 12.4. The van der Waals surface area contributed by atoms with Crippen molar-refractivity contribution in [2.45, 2.75) is 20.3 Å². The molecule has 118 valence electrons. The number of hydrazine groups is 1. The second kappa shape index (κ2) is 6.43. The van der Waals surface area contributed by atoms with Crippen LogP contribution in [-0.2, 0) is 6.42 Å². The highest BCUT2D eigenvalue weighted by Gasteiger charge is 2.18. The first-order chi connectivity index (χ1) is 11.1. The second-order valence-electron chi connectivity index (χ2n) is 6.05. The first-order valence-electron chi connectivity index (χ1n) is 8.10. The number of allylic oxidation sites excluding steroid dienone is 3. The van der Waals surface area contributed by atoms with Gasteiger partial charge in [0.2, 0.25) is 0 Å². The summed E-state index contributed by atoms with van der Waals surface area (Å²) in [4.78, 5) is 0. The molecule has 1 aliphatic carbocycles. The molecule has 0 unspecified atom stereocenters. The maximum Gasteiger partial charge on any atom is 0.0629 e. The molecule has 3 rings (SSSR count). The average molecular weight is 304 g/mol. The van der Waals surface area contributed by atoms with Crippen LogP contribution in [0.5, 0.6) is 0 Å². The van der Waals surface area contributed by atoms with Crippen LogP contribution < -0.4 is 5.43 Å². The summed E-state index contributed by atoms with van der Waals surface area (Å²) in [5, 5.41) is 2.11. The molecule has 0 radical (unpaired) electrons. The second-order valence-corrected chi connectivity index (χ2v) is 6.05. The fourth-order valence-corrected chi connectivity index (χ4v) is 3.34. The predicted octanol–water partition coefficient (Wildman–Crippen LogP) is 4.60. The Kier molecular flexibility index (Phi) is 4.35. The van der Waals surface area contributed by atoms with Crippen molar-refractivity contribution >= 4 is 16.8 Å². The van der Waals surface area contributed by atoms with E-state index < -0.39 is 0 Å². The van der Waals surface area contributed by atoms with Crippen LogP contribution in [0.4, 0.5) is 0 Å². The molecule has 1 N–H and O–H groups in total. The van der Waals surface area contributed by atoms with Gasteiger partial charge in [0, 0.05) is 19.7 Å². The summed E-state index contributed by atoms with van der Waals surface area (Å²) in [5.74, 6) is 0. The zero-order chi connectivity index (χ0) is 16.4. The lowest BCUT2D eigenvalue weighted by Crippen LogP contribution is -2.30. The molecular weight excluding hydrogens is 280 g/mol. The van der Waals surface area contributed by atoms with Crippen LogP contribution in [-0.4, -0.2) is 19.1 Å². The van der Waals surface area contributed by atoms with Gasteiger partial charge in [-0.1, -0.05) is 54.6 Å². The number of hydrogen-bond donors (Lipinski definition) is 1. The van der Waals surface area contributed by atoms with Crippen LogP contribution in [0.3, 0.4) is 0 Å². The molecule has 0 atom stereocenters. The highest BCUT2D eigenvalue weighted by molar-refractivity contribution is 5.93. The Balaban J connectivity index is 2.38. The number of hydrogen-bond acceptors (Lipinski definition) is 2. The Hall–Kier alpha value is -2.32. The van der Waals surface area contributed by atoms with Crippen molar-refractivity contribution in [3.63, 3.8) is 0 Å². The molecule has 0 bridgehead atoms. The van der Waals surface area contributed by atoms with E-state index in [-0.39, 0.29) is 0 Å². The smallest absolute Gasteiger partial charge is 0.0629 e. The van der Waals surface area contributed by atoms with Crippen LogP contribution in [0.2, 0.25) is 0 Å². The van der Waals surface area contributed by atoms with Gasteiger partial charge in [-0.15, -0.1) is 0 Å². The number of fused-ring (bicyclic) bond motifs is 2. The molecule has 1 aliphatic rings. The molecule has 2 aromatic carbocycles. The molecule has 2 aromatic rings. The molecule has 2 heteroatoms. The topological polar surface area (TPSA) is 15.3 Å². The normalized spacial score (nSPS) is 17.3. The Morgan fingerprint density at radius 1 is 0.870 bits per heavy atom. The Morgan fingerprint density at radius 3 is 2.17 bits per heavy atom. The largest absolute Gasteiger partial charge is 0.311 e. The maximum absolute atomic E-state index is 3.28. The highest BCUT2D eigenvalue weighted by Crippen LogP contribution is 2.35. The van der Waals surface area contributed by atoms with Crippen molar-refractivity contribution in [1.82, 2.24) is 10.4 Å². The Morgan fingerprint density at radius 2 is 1.48 bits per heavy atom. The Bertz CT molecular complexity index is 784. The first-order valence-corrected chi connectivity index (χ1v) is 8.10. The maximum atomic E-state index is 3.28. The molecule has 0 heterocycles. The van der Waals surface area contributed by atoms with Gasteiger partial charge in [0.25, 0.3) is 0 Å². The van der Waals surface area contributed by atoms with Gasteiger partial charge in [-0.05, 0) is 48.1 Å². The monoisotopic (exact) mass is 304 g/mol. The number of nitrogens with zero attached hydrogens (tertiary/aromatic N) is 1. The summed E-state index contributed by atoms with van der Waals surface area (Å²) in [6, 6.07) is 17.4. The van der Waals surface area contributed by atoms with Gasteiger partial charge in [0.05, 0.1) is 5.70 Å². The van der Waals surface area contributed by atoms with Gasteiger partial charge in [-0.3, -0.25) is 0 Å². The number of nitrogens with one attached hydrogen (secondary N) is 1. The SMILES string of the molecule is CNN(C)/C1=C(\C)c2ccccc2CC=C(C)c2ccccc21. The van der Waals surface area contributed by atoms with Crippen LogP contribution >= 0.6 is 0 Å². The van der Waals surface area contributed by atoms with Crippen LogP contribution in [0.25, 0.3) is 16.8 Å². The van der Waals surface area contributed by atoms with E-state index in [9.17, 15) is 0 Å². The first kappa shape index (κ1) is 15.6. The predicted molar refractivity (Wildman–Crippen MR) is 99.5 cm³/mol. The van der Waals surface area contributed by atoms with Crippen LogP contribution in [0, 0.1) is 0 Å². The van der Waals surface area contributed by atoms with Crippen molar-refractivity contribution in [1.29, 1.82) is 0 Å². The summed E-state index contributed by atoms with van der Waals surface area (Å²) >= 11 is 0. The zero-order valence-electron chi connectivity index (χ0n) is 14.4. The van der Waals surface area contributed by atoms with Gasteiger partial charge < -0.3 is 5.01 Å². The van der Waals surface area contributed by atoms with Gasteiger partial charge in [0.1, 0.15) is 0 Å². The van der Waals surface area contributed by atoms with E-state index in [1.54, 1.807) is 0 Å². The van der Waals surface area contributed by atoms with Gasteiger partial charge in [0.15, 0.2) is 0 Å². The summed E-state index contributed by atoms with van der Waals surface area (Å²) in [6.07, 6.45) is 3.30. The molecule has 0 spiro atoms. The molecule has 0 saturated heterocycles. The summed E-state index contributed by atoms with van der Waals surface area (Å²) in [7, 11) is 4.04. The van der Waals surface area contributed by atoms with E-state index >= 15 is 0 Å². The fourth-order valence-electron chi connectivity index (χ4n) is 3.34. The molecule has 0 aromatic heterocycles. The lowest BCUT2D eigenvalue weighted by Gasteiger charge is -2.26. The average Bonchev–Trinajstić information content (AvgIpc) is 2.63. The minimum Gasteiger partial charge on any atom is -0.311 e. The van der Waals surface area contributed by atoms with Crippen molar-refractivity contribution < 1.29 is 0 Å². The number of rotatable bonds is 2. The van der Waals surface area contributed by atoms with Gasteiger partial charge in [-0.2, -0.15) is 0 Å².